The van der Waals surface area contributed by atoms with E-state index < -0.39 is 17.6 Å². The van der Waals surface area contributed by atoms with Gasteiger partial charge in [0.15, 0.2) is 15.8 Å². The normalized spacial score (nSPS) is 15.1. The summed E-state index contributed by atoms with van der Waals surface area (Å²) in [7, 11) is 1.51. The largest absolute Gasteiger partial charge is 0.493 e. The molecular weight excluding hydrogens is 563 g/mol. The number of nitrogens with zero attached hydrogens (tertiary/aromatic N) is 1. The minimum absolute atomic E-state index is 0.0694. The van der Waals surface area contributed by atoms with Crippen molar-refractivity contribution < 1.29 is 27.4 Å². The van der Waals surface area contributed by atoms with Crippen LogP contribution in [0.1, 0.15) is 16.7 Å². The van der Waals surface area contributed by atoms with Gasteiger partial charge in [0.2, 0.25) is 0 Å². The first-order valence-electron chi connectivity index (χ1n) is 10.2. The van der Waals surface area contributed by atoms with Crippen LogP contribution in [0.3, 0.4) is 0 Å². The molecular formula is C25H17BrF3NO3S2. The van der Waals surface area contributed by atoms with Gasteiger partial charge in [0, 0.05) is 4.47 Å². The molecule has 0 spiro atoms. The van der Waals surface area contributed by atoms with E-state index in [2.05, 4.69) is 15.9 Å². The summed E-state index contributed by atoms with van der Waals surface area (Å²) in [5.74, 6) is 0.516. The fraction of sp³-hybridized carbons (Fsp3) is 0.120. The summed E-state index contributed by atoms with van der Waals surface area (Å²) in [5.41, 5.74) is 0.858. The lowest BCUT2D eigenvalue weighted by Gasteiger charge is -2.16. The van der Waals surface area contributed by atoms with E-state index in [9.17, 15) is 18.0 Å². The Bertz CT molecular complexity index is 1310. The van der Waals surface area contributed by atoms with Crippen LogP contribution in [-0.4, -0.2) is 17.3 Å². The van der Waals surface area contributed by atoms with Crippen molar-refractivity contribution in [1.29, 1.82) is 0 Å². The quantitative estimate of drug-likeness (QED) is 0.224. The number of amides is 1. The maximum absolute atomic E-state index is 13.1. The van der Waals surface area contributed by atoms with Crippen LogP contribution in [0.5, 0.6) is 11.5 Å². The van der Waals surface area contributed by atoms with E-state index in [1.807, 2.05) is 24.3 Å². The lowest BCUT2D eigenvalue weighted by molar-refractivity contribution is -0.137. The molecule has 35 heavy (non-hydrogen) atoms. The van der Waals surface area contributed by atoms with E-state index in [1.54, 1.807) is 24.3 Å². The Hall–Kier alpha value is -2.82. The van der Waals surface area contributed by atoms with Crippen LogP contribution in [0.2, 0.25) is 0 Å². The standard InChI is InChI=1S/C25H17BrF3NO3S2/c1-32-21-11-16(7-10-20(21)33-14-15-5-8-18(26)9-6-15)12-22-23(31)30(24(34)35-22)19-4-2-3-17(13-19)25(27,28)29/h2-13H,14H2,1H3/b22-12+. The number of ether oxygens (including phenoxy) is 2. The highest BCUT2D eigenvalue weighted by Gasteiger charge is 2.36. The summed E-state index contributed by atoms with van der Waals surface area (Å²) in [6.45, 7) is 0.346. The number of thiocarbonyl (C=S) groups is 1. The van der Waals surface area contributed by atoms with Crippen molar-refractivity contribution in [1.82, 2.24) is 0 Å². The Labute approximate surface area is 217 Å². The molecule has 0 aliphatic carbocycles. The monoisotopic (exact) mass is 579 g/mol. The molecule has 0 aromatic heterocycles. The van der Waals surface area contributed by atoms with Crippen LogP contribution in [0, 0.1) is 0 Å². The number of thioether (sulfide) groups is 1. The zero-order valence-electron chi connectivity index (χ0n) is 18.1. The van der Waals surface area contributed by atoms with Crippen molar-refractivity contribution >= 4 is 61.9 Å². The van der Waals surface area contributed by atoms with E-state index in [0.717, 1.165) is 38.8 Å². The van der Waals surface area contributed by atoms with E-state index >= 15 is 0 Å². The number of anilines is 1. The van der Waals surface area contributed by atoms with E-state index in [0.29, 0.717) is 23.7 Å². The summed E-state index contributed by atoms with van der Waals surface area (Å²) in [6, 6.07) is 17.5. The molecule has 0 saturated carbocycles. The molecule has 1 aliphatic rings. The highest BCUT2D eigenvalue weighted by Crippen LogP contribution is 2.39. The fourth-order valence-electron chi connectivity index (χ4n) is 3.30. The lowest BCUT2D eigenvalue weighted by Crippen LogP contribution is -2.27. The highest BCUT2D eigenvalue weighted by molar-refractivity contribution is 9.10. The van der Waals surface area contributed by atoms with Gasteiger partial charge in [-0.15, -0.1) is 0 Å². The molecule has 0 bridgehead atoms. The van der Waals surface area contributed by atoms with Crippen molar-refractivity contribution in [2.75, 3.05) is 12.0 Å². The third-order valence-corrected chi connectivity index (χ3v) is 6.85. The molecule has 1 heterocycles. The molecule has 3 aromatic carbocycles. The van der Waals surface area contributed by atoms with E-state index in [4.69, 9.17) is 21.7 Å². The van der Waals surface area contributed by atoms with Gasteiger partial charge in [-0.25, -0.2) is 0 Å². The molecule has 10 heteroatoms. The number of rotatable bonds is 6. The van der Waals surface area contributed by atoms with Gasteiger partial charge in [-0.05, 0) is 59.7 Å². The molecule has 1 fully saturated rings. The van der Waals surface area contributed by atoms with Crippen LogP contribution >= 0.6 is 39.9 Å². The molecule has 0 unspecified atom stereocenters. The number of carbonyl (C=O) groups excluding carboxylic acids is 1. The molecule has 4 rings (SSSR count). The SMILES string of the molecule is COc1cc(/C=C2/SC(=S)N(c3cccc(C(F)(F)F)c3)C2=O)ccc1OCc1ccc(Br)cc1. The minimum Gasteiger partial charge on any atom is -0.493 e. The summed E-state index contributed by atoms with van der Waals surface area (Å²) in [5, 5.41) is 0. The molecule has 0 atom stereocenters. The second kappa shape index (κ2) is 10.4. The number of hydrogen-bond donors (Lipinski definition) is 0. The third kappa shape index (κ3) is 5.88. The fourth-order valence-corrected chi connectivity index (χ4v) is 4.86. The van der Waals surface area contributed by atoms with Gasteiger partial charge in [0.25, 0.3) is 5.91 Å². The zero-order chi connectivity index (χ0) is 25.2. The predicted molar refractivity (Wildman–Crippen MR) is 139 cm³/mol. The molecule has 3 aromatic rings. The average molecular weight is 580 g/mol. The van der Waals surface area contributed by atoms with Gasteiger partial charge in [-0.1, -0.05) is 64.2 Å². The van der Waals surface area contributed by atoms with Crippen LogP contribution in [0.15, 0.2) is 76.1 Å². The van der Waals surface area contributed by atoms with Crippen molar-refractivity contribution in [3.05, 3.63) is 92.8 Å². The first kappa shape index (κ1) is 25.3. The molecule has 1 saturated heterocycles. The van der Waals surface area contributed by atoms with E-state index in [1.165, 1.54) is 19.2 Å². The molecule has 180 valence electrons. The Kier molecular flexibility index (Phi) is 7.53. The van der Waals surface area contributed by atoms with Gasteiger partial charge in [0.1, 0.15) is 6.61 Å². The first-order chi connectivity index (χ1) is 16.7. The molecule has 1 aliphatic heterocycles. The van der Waals surface area contributed by atoms with Crippen molar-refractivity contribution in [3.63, 3.8) is 0 Å². The smallest absolute Gasteiger partial charge is 0.416 e. The minimum atomic E-state index is -4.52. The molecule has 1 amide bonds. The van der Waals surface area contributed by atoms with Crippen molar-refractivity contribution in [3.8, 4) is 11.5 Å². The number of methoxy groups -OCH3 is 1. The second-order valence-electron chi connectivity index (χ2n) is 7.39. The Morgan fingerprint density at radius 3 is 2.49 bits per heavy atom. The number of hydrogen-bond acceptors (Lipinski definition) is 5. The zero-order valence-corrected chi connectivity index (χ0v) is 21.4. The van der Waals surface area contributed by atoms with Crippen LogP contribution in [-0.2, 0) is 17.6 Å². The highest BCUT2D eigenvalue weighted by atomic mass is 79.9. The summed E-state index contributed by atoms with van der Waals surface area (Å²) in [4.78, 5) is 14.4. The molecule has 4 nitrogen and oxygen atoms in total. The summed E-state index contributed by atoms with van der Waals surface area (Å²) >= 11 is 9.70. The van der Waals surface area contributed by atoms with Gasteiger partial charge in [-0.3, -0.25) is 9.69 Å². The van der Waals surface area contributed by atoms with Crippen LogP contribution in [0.25, 0.3) is 6.08 Å². The number of halogens is 4. The number of benzene rings is 3. The first-order valence-corrected chi connectivity index (χ1v) is 12.2. The Morgan fingerprint density at radius 2 is 1.80 bits per heavy atom. The Balaban J connectivity index is 1.54. The van der Waals surface area contributed by atoms with Crippen molar-refractivity contribution in [2.24, 2.45) is 0 Å². The average Bonchev–Trinajstić information content (AvgIpc) is 3.11. The number of carbonyl (C=O) groups is 1. The van der Waals surface area contributed by atoms with Gasteiger partial charge < -0.3 is 9.47 Å². The maximum Gasteiger partial charge on any atom is 0.416 e. The third-order valence-electron chi connectivity index (χ3n) is 5.02. The van der Waals surface area contributed by atoms with E-state index in [-0.39, 0.29) is 14.9 Å². The van der Waals surface area contributed by atoms with Gasteiger partial charge >= 0.3 is 6.18 Å². The molecule has 0 N–H and O–H groups in total. The second-order valence-corrected chi connectivity index (χ2v) is 9.98. The maximum atomic E-state index is 13.1. The summed E-state index contributed by atoms with van der Waals surface area (Å²) in [6.07, 6.45) is -2.90. The topological polar surface area (TPSA) is 38.8 Å². The predicted octanol–water partition coefficient (Wildman–Crippen LogP) is 7.46. The molecule has 0 radical (unpaired) electrons. The Morgan fingerprint density at radius 1 is 1.06 bits per heavy atom. The van der Waals surface area contributed by atoms with Gasteiger partial charge in [0.05, 0.1) is 23.3 Å². The van der Waals surface area contributed by atoms with Gasteiger partial charge in [-0.2, -0.15) is 13.2 Å². The lowest BCUT2D eigenvalue weighted by atomic mass is 10.1. The van der Waals surface area contributed by atoms with Crippen LogP contribution < -0.4 is 14.4 Å². The van der Waals surface area contributed by atoms with Crippen LogP contribution in [0.4, 0.5) is 18.9 Å². The number of alkyl halides is 3. The van der Waals surface area contributed by atoms with Crippen molar-refractivity contribution in [2.45, 2.75) is 12.8 Å². The summed E-state index contributed by atoms with van der Waals surface area (Å²) < 4.78 is 51.8.